The average molecular weight is 255 g/mol. The molecule has 0 spiro atoms. The van der Waals surface area contributed by atoms with Crippen molar-refractivity contribution >= 4 is 5.96 Å². The standard InChI is InChI=1S/C14H29N3O/c1-4-15-13(16-10-11-18-5-2)17-12-14(3)8-6-7-9-14/h4-12H2,1-3H3,(H2,15,16,17). The Morgan fingerprint density at radius 2 is 1.94 bits per heavy atom. The number of hydrogen-bond acceptors (Lipinski definition) is 2. The highest BCUT2D eigenvalue weighted by Gasteiger charge is 2.28. The molecule has 1 aliphatic rings. The van der Waals surface area contributed by atoms with Gasteiger partial charge in [0.2, 0.25) is 0 Å². The highest BCUT2D eigenvalue weighted by Crippen LogP contribution is 2.37. The maximum Gasteiger partial charge on any atom is 0.191 e. The Morgan fingerprint density at radius 1 is 1.22 bits per heavy atom. The summed E-state index contributed by atoms with van der Waals surface area (Å²) in [6.07, 6.45) is 5.35. The smallest absolute Gasteiger partial charge is 0.191 e. The van der Waals surface area contributed by atoms with Crippen molar-refractivity contribution < 1.29 is 4.74 Å². The molecule has 4 nitrogen and oxygen atoms in total. The van der Waals surface area contributed by atoms with E-state index in [1.165, 1.54) is 25.7 Å². The largest absolute Gasteiger partial charge is 0.380 e. The molecule has 1 fully saturated rings. The van der Waals surface area contributed by atoms with Crippen molar-refractivity contribution in [1.82, 2.24) is 10.6 Å². The van der Waals surface area contributed by atoms with Crippen molar-refractivity contribution in [3.63, 3.8) is 0 Å². The average Bonchev–Trinajstić information content (AvgIpc) is 2.79. The first kappa shape index (κ1) is 15.3. The van der Waals surface area contributed by atoms with Gasteiger partial charge in [0.05, 0.1) is 6.61 Å². The third-order valence-corrected chi connectivity index (χ3v) is 3.52. The van der Waals surface area contributed by atoms with Crippen molar-refractivity contribution in [2.24, 2.45) is 10.4 Å². The van der Waals surface area contributed by atoms with Crippen LogP contribution in [0.1, 0.15) is 46.5 Å². The molecule has 4 heteroatoms. The third kappa shape index (κ3) is 5.71. The first-order chi connectivity index (χ1) is 8.70. The Bertz CT molecular complexity index is 247. The van der Waals surface area contributed by atoms with Gasteiger partial charge in [-0.15, -0.1) is 0 Å². The van der Waals surface area contributed by atoms with E-state index < -0.39 is 0 Å². The van der Waals surface area contributed by atoms with Crippen molar-refractivity contribution in [2.45, 2.75) is 46.5 Å². The van der Waals surface area contributed by atoms with E-state index in [-0.39, 0.29) is 0 Å². The van der Waals surface area contributed by atoms with Crippen molar-refractivity contribution in [3.8, 4) is 0 Å². The molecule has 0 aromatic rings. The fourth-order valence-corrected chi connectivity index (χ4v) is 2.38. The van der Waals surface area contributed by atoms with Gasteiger partial charge in [-0.1, -0.05) is 19.8 Å². The van der Waals surface area contributed by atoms with Crippen LogP contribution in [0.4, 0.5) is 0 Å². The van der Waals surface area contributed by atoms with Gasteiger partial charge in [-0.25, -0.2) is 0 Å². The zero-order valence-corrected chi connectivity index (χ0v) is 12.2. The van der Waals surface area contributed by atoms with Crippen LogP contribution in [-0.2, 0) is 4.74 Å². The fourth-order valence-electron chi connectivity index (χ4n) is 2.38. The summed E-state index contributed by atoms with van der Waals surface area (Å²) in [4.78, 5) is 4.70. The monoisotopic (exact) mass is 255 g/mol. The van der Waals surface area contributed by atoms with E-state index in [0.717, 1.165) is 38.8 Å². The highest BCUT2D eigenvalue weighted by atomic mass is 16.5. The number of nitrogens with zero attached hydrogens (tertiary/aromatic N) is 1. The quantitative estimate of drug-likeness (QED) is 0.416. The SMILES string of the molecule is CCNC(=NCC1(C)CCCC1)NCCOCC. The van der Waals surface area contributed by atoms with Gasteiger partial charge in [-0.3, -0.25) is 4.99 Å². The molecule has 0 aromatic carbocycles. The van der Waals surface area contributed by atoms with Gasteiger partial charge in [-0.2, -0.15) is 0 Å². The molecule has 0 bridgehead atoms. The summed E-state index contributed by atoms with van der Waals surface area (Å²) in [7, 11) is 0. The molecule has 0 saturated heterocycles. The molecule has 1 aliphatic carbocycles. The van der Waals surface area contributed by atoms with E-state index in [4.69, 9.17) is 9.73 Å². The van der Waals surface area contributed by atoms with Gasteiger partial charge >= 0.3 is 0 Å². The molecule has 0 amide bonds. The van der Waals surface area contributed by atoms with E-state index in [1.807, 2.05) is 6.92 Å². The van der Waals surface area contributed by atoms with Crippen LogP contribution in [0.15, 0.2) is 4.99 Å². The lowest BCUT2D eigenvalue weighted by Gasteiger charge is -2.21. The second-order valence-corrected chi connectivity index (χ2v) is 5.34. The number of guanidine groups is 1. The van der Waals surface area contributed by atoms with Crippen molar-refractivity contribution in [2.75, 3.05) is 32.8 Å². The molecule has 0 aromatic heterocycles. The third-order valence-electron chi connectivity index (χ3n) is 3.52. The van der Waals surface area contributed by atoms with Crippen LogP contribution in [0.5, 0.6) is 0 Å². The Labute approximate surface area is 112 Å². The molecule has 2 N–H and O–H groups in total. The number of ether oxygens (including phenoxy) is 1. The predicted octanol–water partition coefficient (Wildman–Crippen LogP) is 2.16. The van der Waals surface area contributed by atoms with E-state index in [1.54, 1.807) is 0 Å². The van der Waals surface area contributed by atoms with E-state index >= 15 is 0 Å². The summed E-state index contributed by atoms with van der Waals surface area (Å²) in [6.45, 7) is 10.6. The number of nitrogens with one attached hydrogen (secondary N) is 2. The Hall–Kier alpha value is -0.770. The lowest BCUT2D eigenvalue weighted by Crippen LogP contribution is -2.39. The van der Waals surface area contributed by atoms with Crippen molar-refractivity contribution in [3.05, 3.63) is 0 Å². The molecule has 0 unspecified atom stereocenters. The fraction of sp³-hybridized carbons (Fsp3) is 0.929. The zero-order chi connectivity index (χ0) is 13.3. The van der Waals surface area contributed by atoms with Gasteiger partial charge in [-0.05, 0) is 32.1 Å². The maximum absolute atomic E-state index is 5.31. The van der Waals surface area contributed by atoms with Crippen LogP contribution in [0.25, 0.3) is 0 Å². The zero-order valence-electron chi connectivity index (χ0n) is 12.2. The topological polar surface area (TPSA) is 45.7 Å². The molecule has 18 heavy (non-hydrogen) atoms. The lowest BCUT2D eigenvalue weighted by atomic mass is 9.89. The van der Waals surface area contributed by atoms with Crippen LogP contribution in [0.3, 0.4) is 0 Å². The molecule has 0 aliphatic heterocycles. The number of rotatable bonds is 7. The summed E-state index contributed by atoms with van der Waals surface area (Å²) in [5.74, 6) is 0.922. The second-order valence-electron chi connectivity index (χ2n) is 5.34. The van der Waals surface area contributed by atoms with Crippen LogP contribution in [0, 0.1) is 5.41 Å². The number of hydrogen-bond donors (Lipinski definition) is 2. The van der Waals surface area contributed by atoms with Crippen LogP contribution in [-0.4, -0.2) is 38.8 Å². The molecule has 0 heterocycles. The second kappa shape index (κ2) is 8.35. The van der Waals surface area contributed by atoms with Gasteiger partial charge in [0.15, 0.2) is 5.96 Å². The summed E-state index contributed by atoms with van der Waals surface area (Å²) in [5.41, 5.74) is 0.419. The molecule has 0 radical (unpaired) electrons. The lowest BCUT2D eigenvalue weighted by molar-refractivity contribution is 0.152. The minimum absolute atomic E-state index is 0.419. The first-order valence-corrected chi connectivity index (χ1v) is 7.30. The minimum Gasteiger partial charge on any atom is -0.380 e. The Kier molecular flexibility index (Phi) is 7.09. The van der Waals surface area contributed by atoms with Gasteiger partial charge < -0.3 is 15.4 Å². The summed E-state index contributed by atoms with van der Waals surface area (Å²) < 4.78 is 5.31. The number of aliphatic imine (C=N–C) groups is 1. The van der Waals surface area contributed by atoms with Crippen molar-refractivity contribution in [1.29, 1.82) is 0 Å². The first-order valence-electron chi connectivity index (χ1n) is 7.30. The molecule has 1 saturated carbocycles. The van der Waals surface area contributed by atoms with Crippen LogP contribution < -0.4 is 10.6 Å². The molecular formula is C14H29N3O. The summed E-state index contributed by atoms with van der Waals surface area (Å²) in [5, 5.41) is 6.59. The normalized spacial score (nSPS) is 18.9. The maximum atomic E-state index is 5.31. The summed E-state index contributed by atoms with van der Waals surface area (Å²) in [6, 6.07) is 0. The highest BCUT2D eigenvalue weighted by molar-refractivity contribution is 5.79. The van der Waals surface area contributed by atoms with E-state index in [0.29, 0.717) is 5.41 Å². The Morgan fingerprint density at radius 3 is 2.56 bits per heavy atom. The van der Waals surface area contributed by atoms with Crippen LogP contribution >= 0.6 is 0 Å². The minimum atomic E-state index is 0.419. The van der Waals surface area contributed by atoms with Crippen LogP contribution in [0.2, 0.25) is 0 Å². The van der Waals surface area contributed by atoms with Gasteiger partial charge in [0.25, 0.3) is 0 Å². The molecule has 0 atom stereocenters. The van der Waals surface area contributed by atoms with E-state index in [9.17, 15) is 0 Å². The van der Waals surface area contributed by atoms with E-state index in [2.05, 4.69) is 24.5 Å². The Balaban J connectivity index is 2.34. The molecule has 1 rings (SSSR count). The predicted molar refractivity (Wildman–Crippen MR) is 77.0 cm³/mol. The van der Waals surface area contributed by atoms with Gasteiger partial charge in [0, 0.05) is 26.2 Å². The van der Waals surface area contributed by atoms with Gasteiger partial charge in [0.1, 0.15) is 0 Å². The molecule has 106 valence electrons. The molecular weight excluding hydrogens is 226 g/mol. The summed E-state index contributed by atoms with van der Waals surface area (Å²) >= 11 is 0.